The Labute approximate surface area is 96.1 Å². The molecule has 2 nitrogen and oxygen atoms in total. The predicted octanol–water partition coefficient (Wildman–Crippen LogP) is 3.21. The third-order valence-corrected chi connectivity index (χ3v) is 3.15. The van der Waals surface area contributed by atoms with Crippen LogP contribution in [0.5, 0.6) is 0 Å². The molecule has 2 rings (SSSR count). The SMILES string of the molecule is O=C(O)CC1(c2cccc(C(F)(F)F)c2)CC1. The molecule has 1 aromatic carbocycles. The maximum absolute atomic E-state index is 12.5. The average molecular weight is 244 g/mol. The molecular weight excluding hydrogens is 233 g/mol. The number of alkyl halides is 3. The summed E-state index contributed by atoms with van der Waals surface area (Å²) in [5.74, 6) is -0.972. The van der Waals surface area contributed by atoms with Crippen LogP contribution in [0.1, 0.15) is 30.4 Å². The van der Waals surface area contributed by atoms with Gasteiger partial charge in [-0.1, -0.05) is 18.2 Å². The maximum Gasteiger partial charge on any atom is 0.416 e. The van der Waals surface area contributed by atoms with Crippen molar-refractivity contribution in [3.8, 4) is 0 Å². The van der Waals surface area contributed by atoms with Crippen molar-refractivity contribution in [2.45, 2.75) is 30.9 Å². The van der Waals surface area contributed by atoms with Crippen LogP contribution in [0.3, 0.4) is 0 Å². The minimum Gasteiger partial charge on any atom is -0.481 e. The first-order chi connectivity index (χ1) is 7.83. The lowest BCUT2D eigenvalue weighted by molar-refractivity contribution is -0.138. The zero-order chi connectivity index (χ0) is 12.7. The number of benzene rings is 1. The summed E-state index contributed by atoms with van der Waals surface area (Å²) in [6.45, 7) is 0. The number of halogens is 3. The van der Waals surface area contributed by atoms with E-state index in [9.17, 15) is 18.0 Å². The van der Waals surface area contributed by atoms with E-state index in [1.54, 1.807) is 6.07 Å². The smallest absolute Gasteiger partial charge is 0.416 e. The summed E-state index contributed by atoms with van der Waals surface area (Å²) in [4.78, 5) is 10.7. The van der Waals surface area contributed by atoms with E-state index in [1.165, 1.54) is 6.07 Å². The molecule has 1 aromatic rings. The van der Waals surface area contributed by atoms with Crippen LogP contribution in [0.2, 0.25) is 0 Å². The van der Waals surface area contributed by atoms with Crippen molar-refractivity contribution >= 4 is 5.97 Å². The normalized spacial score (nSPS) is 17.8. The van der Waals surface area contributed by atoms with Gasteiger partial charge in [-0.2, -0.15) is 13.2 Å². The summed E-state index contributed by atoms with van der Waals surface area (Å²) in [5.41, 5.74) is -0.811. The Bertz CT molecular complexity index is 447. The monoisotopic (exact) mass is 244 g/mol. The fourth-order valence-electron chi connectivity index (χ4n) is 2.03. The third-order valence-electron chi connectivity index (χ3n) is 3.15. The van der Waals surface area contributed by atoms with Crippen molar-refractivity contribution in [2.75, 3.05) is 0 Å². The van der Waals surface area contributed by atoms with E-state index in [0.717, 1.165) is 12.1 Å². The van der Waals surface area contributed by atoms with E-state index in [2.05, 4.69) is 0 Å². The van der Waals surface area contributed by atoms with Gasteiger partial charge in [0, 0.05) is 5.41 Å². The molecule has 1 saturated carbocycles. The lowest BCUT2D eigenvalue weighted by Gasteiger charge is -2.15. The molecule has 92 valence electrons. The Morgan fingerprint density at radius 3 is 2.47 bits per heavy atom. The van der Waals surface area contributed by atoms with Crippen LogP contribution in [0.15, 0.2) is 24.3 Å². The molecule has 0 aromatic heterocycles. The topological polar surface area (TPSA) is 37.3 Å². The van der Waals surface area contributed by atoms with E-state index in [4.69, 9.17) is 5.11 Å². The van der Waals surface area contributed by atoms with Crippen LogP contribution >= 0.6 is 0 Å². The Balaban J connectivity index is 2.31. The first-order valence-corrected chi connectivity index (χ1v) is 5.23. The van der Waals surface area contributed by atoms with Crippen molar-refractivity contribution in [3.05, 3.63) is 35.4 Å². The Morgan fingerprint density at radius 2 is 2.00 bits per heavy atom. The molecule has 1 aliphatic rings. The van der Waals surface area contributed by atoms with Crippen molar-refractivity contribution in [1.82, 2.24) is 0 Å². The van der Waals surface area contributed by atoms with Gasteiger partial charge in [0.1, 0.15) is 0 Å². The number of carboxylic acids is 1. The van der Waals surface area contributed by atoms with Gasteiger partial charge in [-0.05, 0) is 24.5 Å². The molecule has 1 fully saturated rings. The molecule has 0 bridgehead atoms. The second-order valence-corrected chi connectivity index (χ2v) is 4.43. The molecule has 0 radical (unpaired) electrons. The largest absolute Gasteiger partial charge is 0.481 e. The van der Waals surface area contributed by atoms with E-state index in [-0.39, 0.29) is 6.42 Å². The highest BCUT2D eigenvalue weighted by Crippen LogP contribution is 2.51. The zero-order valence-electron chi connectivity index (χ0n) is 8.92. The first kappa shape index (κ1) is 12.0. The highest BCUT2D eigenvalue weighted by molar-refractivity contribution is 5.70. The minimum atomic E-state index is -4.38. The van der Waals surface area contributed by atoms with Gasteiger partial charge in [0.15, 0.2) is 0 Å². The van der Waals surface area contributed by atoms with Crippen LogP contribution in [0.4, 0.5) is 13.2 Å². The molecule has 1 aliphatic carbocycles. The molecule has 0 saturated heterocycles. The minimum absolute atomic E-state index is 0.103. The van der Waals surface area contributed by atoms with Crippen LogP contribution in [-0.2, 0) is 16.4 Å². The number of aliphatic carboxylic acids is 1. The van der Waals surface area contributed by atoms with E-state index in [1.807, 2.05) is 0 Å². The Kier molecular flexibility index (Phi) is 2.64. The van der Waals surface area contributed by atoms with Crippen molar-refractivity contribution in [1.29, 1.82) is 0 Å². The molecule has 1 N–H and O–H groups in total. The van der Waals surface area contributed by atoms with Crippen molar-refractivity contribution < 1.29 is 23.1 Å². The lowest BCUT2D eigenvalue weighted by atomic mass is 9.91. The summed E-state index contributed by atoms with van der Waals surface area (Å²) < 4.78 is 37.6. The quantitative estimate of drug-likeness (QED) is 0.886. The molecule has 0 spiro atoms. The van der Waals surface area contributed by atoms with E-state index in [0.29, 0.717) is 18.4 Å². The first-order valence-electron chi connectivity index (χ1n) is 5.23. The number of rotatable bonds is 3. The van der Waals surface area contributed by atoms with Crippen LogP contribution in [-0.4, -0.2) is 11.1 Å². The van der Waals surface area contributed by atoms with Gasteiger partial charge < -0.3 is 5.11 Å². The average Bonchev–Trinajstić information content (AvgIpc) is 2.97. The molecular formula is C12H11F3O2. The van der Waals surface area contributed by atoms with Gasteiger partial charge in [-0.25, -0.2) is 0 Å². The molecule has 17 heavy (non-hydrogen) atoms. The predicted molar refractivity (Wildman–Crippen MR) is 54.6 cm³/mol. The highest BCUT2D eigenvalue weighted by atomic mass is 19.4. The highest BCUT2D eigenvalue weighted by Gasteiger charge is 2.46. The van der Waals surface area contributed by atoms with Crippen LogP contribution in [0, 0.1) is 0 Å². The molecule has 5 heteroatoms. The van der Waals surface area contributed by atoms with E-state index < -0.39 is 23.1 Å². The summed E-state index contributed by atoms with van der Waals surface area (Å²) >= 11 is 0. The van der Waals surface area contributed by atoms with Gasteiger partial charge in [0.05, 0.1) is 12.0 Å². The standard InChI is InChI=1S/C12H11F3O2/c13-12(14,15)9-3-1-2-8(6-9)11(4-5-11)7-10(16)17/h1-3,6H,4-5,7H2,(H,16,17). The summed E-state index contributed by atoms with van der Waals surface area (Å²) in [6.07, 6.45) is -3.20. The summed E-state index contributed by atoms with van der Waals surface area (Å²) in [5, 5.41) is 8.76. The number of hydrogen-bond acceptors (Lipinski definition) is 1. The summed E-state index contributed by atoms with van der Waals surface area (Å²) in [6, 6.07) is 4.97. The van der Waals surface area contributed by atoms with Gasteiger partial charge in [-0.3, -0.25) is 4.79 Å². The Hall–Kier alpha value is -1.52. The molecule has 0 heterocycles. The third kappa shape index (κ3) is 2.43. The number of hydrogen-bond donors (Lipinski definition) is 1. The van der Waals surface area contributed by atoms with Crippen LogP contribution in [0.25, 0.3) is 0 Å². The fourth-order valence-corrected chi connectivity index (χ4v) is 2.03. The van der Waals surface area contributed by atoms with Crippen molar-refractivity contribution in [3.63, 3.8) is 0 Å². The molecule has 0 atom stereocenters. The summed E-state index contributed by atoms with van der Waals surface area (Å²) in [7, 11) is 0. The number of carbonyl (C=O) groups is 1. The second kappa shape index (κ2) is 3.75. The van der Waals surface area contributed by atoms with Gasteiger partial charge >= 0.3 is 12.1 Å². The lowest BCUT2D eigenvalue weighted by Crippen LogP contribution is -2.14. The zero-order valence-corrected chi connectivity index (χ0v) is 8.92. The second-order valence-electron chi connectivity index (χ2n) is 4.43. The number of carboxylic acid groups (broad SMARTS) is 1. The molecule has 0 aliphatic heterocycles. The van der Waals surface area contributed by atoms with Gasteiger partial charge in [0.2, 0.25) is 0 Å². The van der Waals surface area contributed by atoms with Crippen molar-refractivity contribution in [2.24, 2.45) is 0 Å². The fraction of sp³-hybridized carbons (Fsp3) is 0.417. The van der Waals surface area contributed by atoms with Gasteiger partial charge in [0.25, 0.3) is 0 Å². The van der Waals surface area contributed by atoms with E-state index >= 15 is 0 Å². The maximum atomic E-state index is 12.5. The Morgan fingerprint density at radius 1 is 1.35 bits per heavy atom. The van der Waals surface area contributed by atoms with Crippen LogP contribution < -0.4 is 0 Å². The molecule has 0 unspecified atom stereocenters. The van der Waals surface area contributed by atoms with Gasteiger partial charge in [-0.15, -0.1) is 0 Å². The molecule has 0 amide bonds.